The van der Waals surface area contributed by atoms with Crippen molar-refractivity contribution in [3.8, 4) is 0 Å². The van der Waals surface area contributed by atoms with E-state index in [0.717, 1.165) is 23.1 Å². The zero-order valence-electron chi connectivity index (χ0n) is 16.0. The van der Waals surface area contributed by atoms with Gasteiger partial charge in [-0.1, -0.05) is 17.2 Å². The van der Waals surface area contributed by atoms with E-state index < -0.39 is 58.4 Å². The van der Waals surface area contributed by atoms with Crippen LogP contribution in [0, 0.1) is 23.0 Å². The largest absolute Gasteiger partial charge is 0.616 e. The molecular weight excluding hydrogens is 429 g/mol. The highest BCUT2D eigenvalue weighted by Crippen LogP contribution is 2.24. The molecule has 0 radical (unpaired) electrons. The number of hydrogen-bond acceptors (Lipinski definition) is 4. The van der Waals surface area contributed by atoms with E-state index in [2.05, 4.69) is 0 Å². The van der Waals surface area contributed by atoms with Crippen LogP contribution in [0.25, 0.3) is 0 Å². The number of amides is 1. The first kappa shape index (κ1) is 24.1. The number of halogens is 5. The highest BCUT2D eigenvalue weighted by Gasteiger charge is 2.34. The summed E-state index contributed by atoms with van der Waals surface area (Å²) in [5, 5.41) is 6.97. The third-order valence-electron chi connectivity index (χ3n) is 4.86. The van der Waals surface area contributed by atoms with Gasteiger partial charge in [0.25, 0.3) is 5.91 Å². The van der Waals surface area contributed by atoms with E-state index >= 15 is 0 Å². The smallest absolute Gasteiger partial charge is 0.432 e. The summed E-state index contributed by atoms with van der Waals surface area (Å²) in [5.41, 5.74) is 2.41. The van der Waals surface area contributed by atoms with Crippen LogP contribution in [0.5, 0.6) is 0 Å². The van der Waals surface area contributed by atoms with E-state index in [-0.39, 0.29) is 18.5 Å². The predicted octanol–water partition coefficient (Wildman–Crippen LogP) is 3.27. The average molecular weight is 451 g/mol. The zero-order chi connectivity index (χ0) is 22.5. The van der Waals surface area contributed by atoms with Crippen molar-refractivity contribution in [1.29, 1.82) is 5.41 Å². The van der Waals surface area contributed by atoms with E-state index in [1.807, 2.05) is 0 Å². The fourth-order valence-electron chi connectivity index (χ4n) is 3.08. The van der Waals surface area contributed by atoms with Crippen LogP contribution >= 0.6 is 0 Å². The fourth-order valence-corrected chi connectivity index (χ4v) is 4.47. The lowest BCUT2D eigenvalue weighted by Gasteiger charge is -2.28. The van der Waals surface area contributed by atoms with Crippen LogP contribution in [0.15, 0.2) is 30.0 Å². The van der Waals surface area contributed by atoms with Crippen LogP contribution < -0.4 is 5.73 Å². The third-order valence-corrected chi connectivity index (χ3v) is 6.25. The fraction of sp³-hybridized carbons (Fsp3) is 0.474. The lowest BCUT2D eigenvalue weighted by atomic mass is 9.98. The third kappa shape index (κ3) is 6.69. The number of carbonyl (C=O) groups excluding carboxylic acids is 1. The molecule has 3 N–H and O–H groups in total. The van der Waals surface area contributed by atoms with Gasteiger partial charge in [-0.25, -0.2) is 8.78 Å². The molecule has 1 amide bonds. The highest BCUT2D eigenvalue weighted by molar-refractivity contribution is 7.91. The number of nitrogens with one attached hydrogen (secondary N) is 1. The molecule has 0 bridgehead atoms. The molecule has 5 nitrogen and oxygen atoms in total. The van der Waals surface area contributed by atoms with E-state index in [4.69, 9.17) is 11.1 Å². The van der Waals surface area contributed by atoms with E-state index in [9.17, 15) is 31.3 Å². The van der Waals surface area contributed by atoms with Crippen LogP contribution in [0.2, 0.25) is 0 Å². The van der Waals surface area contributed by atoms with Crippen molar-refractivity contribution in [3.63, 3.8) is 0 Å². The van der Waals surface area contributed by atoms with Crippen molar-refractivity contribution in [3.05, 3.63) is 47.2 Å². The van der Waals surface area contributed by atoms with Crippen molar-refractivity contribution in [2.45, 2.75) is 32.0 Å². The second-order valence-corrected chi connectivity index (χ2v) is 8.71. The van der Waals surface area contributed by atoms with Crippen molar-refractivity contribution in [1.82, 2.24) is 4.90 Å². The molecule has 1 heterocycles. The minimum absolute atomic E-state index is 0.00218. The lowest BCUT2D eigenvalue weighted by Crippen LogP contribution is -2.37. The standard InChI is InChI=1S/C19H22F5N3O2S/c20-14-2-1-3-15(21)13(14)11-27(7-4-12-5-8-30(29)9-6-12)18(28)16(25)10-17(26)19(22,23)24/h1-3,10,12,26H,4-9,11,25H2/b16-10-,26-17?. The Balaban J connectivity index is 2.20. The van der Waals surface area contributed by atoms with Gasteiger partial charge in [0.1, 0.15) is 28.9 Å². The Morgan fingerprint density at radius 1 is 1.27 bits per heavy atom. The van der Waals surface area contributed by atoms with Crippen LogP contribution in [0.4, 0.5) is 22.0 Å². The molecule has 30 heavy (non-hydrogen) atoms. The van der Waals surface area contributed by atoms with Crippen LogP contribution in [-0.4, -0.2) is 45.3 Å². The summed E-state index contributed by atoms with van der Waals surface area (Å²) in [7, 11) is 0. The first-order valence-corrected chi connectivity index (χ1v) is 10.7. The Morgan fingerprint density at radius 3 is 2.37 bits per heavy atom. The van der Waals surface area contributed by atoms with Gasteiger partial charge in [0.15, 0.2) is 0 Å². The van der Waals surface area contributed by atoms with Gasteiger partial charge < -0.3 is 15.2 Å². The maximum absolute atomic E-state index is 14.0. The van der Waals surface area contributed by atoms with Crippen molar-refractivity contribution < 1.29 is 31.3 Å². The number of carbonyl (C=O) groups is 1. The Hall–Kier alpha value is -2.14. The molecule has 1 aliphatic rings. The first-order chi connectivity index (χ1) is 14.0. The normalized spacial score (nSPS) is 20.1. The van der Waals surface area contributed by atoms with E-state index in [1.54, 1.807) is 0 Å². The lowest BCUT2D eigenvalue weighted by molar-refractivity contribution is -0.128. The topological polar surface area (TPSA) is 93.2 Å². The predicted molar refractivity (Wildman–Crippen MR) is 103 cm³/mol. The molecule has 1 aliphatic heterocycles. The number of alkyl halides is 3. The molecule has 1 aromatic carbocycles. The Morgan fingerprint density at radius 2 is 1.83 bits per heavy atom. The number of nitrogens with two attached hydrogens (primary N) is 1. The quantitative estimate of drug-likeness (QED) is 0.288. The zero-order valence-corrected chi connectivity index (χ0v) is 16.8. The van der Waals surface area contributed by atoms with Gasteiger partial charge in [0, 0.05) is 12.1 Å². The van der Waals surface area contributed by atoms with Gasteiger partial charge in [-0.05, 0) is 43.4 Å². The first-order valence-electron chi connectivity index (χ1n) is 9.19. The maximum atomic E-state index is 14.0. The molecule has 0 aliphatic carbocycles. The van der Waals surface area contributed by atoms with Crippen molar-refractivity contribution >= 4 is 22.8 Å². The van der Waals surface area contributed by atoms with Gasteiger partial charge in [0.2, 0.25) is 0 Å². The molecule has 0 unspecified atom stereocenters. The van der Waals surface area contributed by atoms with Crippen molar-refractivity contribution in [2.24, 2.45) is 11.7 Å². The summed E-state index contributed by atoms with van der Waals surface area (Å²) in [4.78, 5) is 13.6. The minimum atomic E-state index is -4.98. The van der Waals surface area contributed by atoms with Crippen LogP contribution in [0.3, 0.4) is 0 Å². The second-order valence-electron chi connectivity index (χ2n) is 7.02. The average Bonchev–Trinajstić information content (AvgIpc) is 2.67. The van der Waals surface area contributed by atoms with Crippen LogP contribution in [0.1, 0.15) is 24.8 Å². The van der Waals surface area contributed by atoms with Gasteiger partial charge in [0.05, 0.1) is 12.2 Å². The van der Waals surface area contributed by atoms with E-state index in [0.29, 0.717) is 30.8 Å². The summed E-state index contributed by atoms with van der Waals surface area (Å²) in [5.74, 6) is -1.68. The van der Waals surface area contributed by atoms with Gasteiger partial charge >= 0.3 is 6.18 Å². The van der Waals surface area contributed by atoms with Gasteiger partial charge in [-0.15, -0.1) is 0 Å². The summed E-state index contributed by atoms with van der Waals surface area (Å²) in [6.07, 6.45) is -3.05. The monoisotopic (exact) mass is 451 g/mol. The minimum Gasteiger partial charge on any atom is -0.616 e. The number of nitrogens with zero attached hydrogens (tertiary/aromatic N) is 1. The summed E-state index contributed by atoms with van der Waals surface area (Å²) in [6.45, 7) is -0.526. The van der Waals surface area contributed by atoms with Gasteiger partial charge in [-0.2, -0.15) is 13.2 Å². The number of benzene rings is 1. The molecular formula is C19H22F5N3O2S. The highest BCUT2D eigenvalue weighted by atomic mass is 32.2. The molecule has 11 heteroatoms. The summed E-state index contributed by atoms with van der Waals surface area (Å²) >= 11 is -0.883. The SMILES string of the molecule is N=C(/C=C(\N)C(=O)N(CCC1CC[S+]([O-])CC1)Cc1c(F)cccc1F)C(F)(F)F. The second kappa shape index (κ2) is 10.3. The number of hydrogen-bond donors (Lipinski definition) is 2. The molecule has 1 fully saturated rings. The molecule has 1 aromatic rings. The molecule has 2 rings (SSSR count). The van der Waals surface area contributed by atoms with E-state index in [1.165, 1.54) is 0 Å². The number of rotatable bonds is 7. The Kier molecular flexibility index (Phi) is 8.25. The van der Waals surface area contributed by atoms with Crippen LogP contribution in [-0.2, 0) is 22.5 Å². The summed E-state index contributed by atoms with van der Waals surface area (Å²) < 4.78 is 77.3. The molecule has 0 saturated carbocycles. The molecule has 0 atom stereocenters. The molecule has 0 aromatic heterocycles. The Bertz CT molecular complexity index is 788. The molecule has 166 valence electrons. The van der Waals surface area contributed by atoms with Crippen molar-refractivity contribution in [2.75, 3.05) is 18.1 Å². The molecule has 1 saturated heterocycles. The van der Waals surface area contributed by atoms with Gasteiger partial charge in [-0.3, -0.25) is 10.2 Å². The Labute approximate surface area is 173 Å². The summed E-state index contributed by atoms with van der Waals surface area (Å²) in [6, 6.07) is 3.17. The number of allylic oxidation sites excluding steroid dienone is 1. The molecule has 0 spiro atoms. The maximum Gasteiger partial charge on any atom is 0.432 e.